The molecule has 7 heteroatoms. The van der Waals surface area contributed by atoms with Crippen LogP contribution in [0.5, 0.6) is 5.75 Å². The number of anilines is 2. The van der Waals surface area contributed by atoms with Crippen LogP contribution in [0.4, 0.5) is 16.2 Å². The molecule has 112 valence electrons. The number of nitrogens with two attached hydrogens (primary N) is 1. The van der Waals surface area contributed by atoms with Crippen molar-refractivity contribution in [3.63, 3.8) is 0 Å². The third kappa shape index (κ3) is 2.26. The number of hydrogen-bond acceptors (Lipinski definition) is 6. The quantitative estimate of drug-likeness (QED) is 0.772. The number of pyridine rings is 1. The van der Waals surface area contributed by atoms with Gasteiger partial charge in [0.2, 0.25) is 5.95 Å². The number of hydrogen-bond donors (Lipinski definition) is 2. The molecule has 0 atom stereocenters. The molecule has 0 saturated carbocycles. The van der Waals surface area contributed by atoms with Gasteiger partial charge in [-0.2, -0.15) is 0 Å². The van der Waals surface area contributed by atoms with Crippen molar-refractivity contribution in [1.29, 1.82) is 0 Å². The second kappa shape index (κ2) is 5.44. The van der Waals surface area contributed by atoms with Crippen molar-refractivity contribution in [2.75, 3.05) is 25.2 Å². The largest absolute Gasteiger partial charge is 0.494 e. The smallest absolute Gasteiger partial charge is 0.220 e. The van der Waals surface area contributed by atoms with Gasteiger partial charge in [0.1, 0.15) is 5.52 Å². The monoisotopic (exact) mass is 299 g/mol. The zero-order valence-electron chi connectivity index (χ0n) is 12.1. The van der Waals surface area contributed by atoms with Gasteiger partial charge in [-0.1, -0.05) is 6.07 Å². The lowest BCUT2D eigenvalue weighted by molar-refractivity contribution is 0.387. The average Bonchev–Trinajstić information content (AvgIpc) is 2.54. The number of rotatable bonds is 3. The van der Waals surface area contributed by atoms with Gasteiger partial charge in [0.25, 0.3) is 0 Å². The minimum Gasteiger partial charge on any atom is -0.494 e. The Morgan fingerprint density at radius 2 is 2.09 bits per heavy atom. The fraction of sp³-hybridized carbons (Fsp3) is 0.133. The standard InChI is InChI=1S/C15H14FN5O/c1-18-14-13-8(7-19-15(17)21-13)6-10(20-14)9-4-3-5-11(22-2)12(9)16/h3-7H,1-2H3,(H,18,20)(H2,17,19,21). The van der Waals surface area contributed by atoms with Crippen LogP contribution in [-0.4, -0.2) is 29.1 Å². The second-order valence-electron chi connectivity index (χ2n) is 4.59. The molecule has 0 spiro atoms. The number of nitrogens with zero attached hydrogens (tertiary/aromatic N) is 3. The first kappa shape index (κ1) is 14.0. The second-order valence-corrected chi connectivity index (χ2v) is 4.59. The SMILES string of the molecule is CNc1nc(-c2cccc(OC)c2F)cc2cnc(N)nc12. The van der Waals surface area contributed by atoms with Crippen LogP contribution in [0, 0.1) is 5.82 Å². The van der Waals surface area contributed by atoms with E-state index in [9.17, 15) is 4.39 Å². The summed E-state index contributed by atoms with van der Waals surface area (Å²) in [6, 6.07) is 6.63. The van der Waals surface area contributed by atoms with Crippen LogP contribution in [0.15, 0.2) is 30.5 Å². The molecule has 0 bridgehead atoms. The molecule has 3 N–H and O–H groups in total. The van der Waals surface area contributed by atoms with Gasteiger partial charge in [-0.25, -0.2) is 19.3 Å². The maximum Gasteiger partial charge on any atom is 0.220 e. The van der Waals surface area contributed by atoms with E-state index in [1.54, 1.807) is 37.5 Å². The summed E-state index contributed by atoms with van der Waals surface area (Å²) >= 11 is 0. The molecule has 22 heavy (non-hydrogen) atoms. The number of ether oxygens (including phenoxy) is 1. The Labute approximate surface area is 126 Å². The minimum absolute atomic E-state index is 0.158. The molecule has 0 saturated heterocycles. The predicted octanol–water partition coefficient (Wildman–Crippen LogP) is 2.46. The molecular weight excluding hydrogens is 285 g/mol. The van der Waals surface area contributed by atoms with E-state index in [4.69, 9.17) is 10.5 Å². The highest BCUT2D eigenvalue weighted by molar-refractivity contribution is 5.91. The maximum absolute atomic E-state index is 14.4. The number of nitrogens with one attached hydrogen (secondary N) is 1. The molecule has 2 aromatic heterocycles. The van der Waals surface area contributed by atoms with Crippen molar-refractivity contribution < 1.29 is 9.13 Å². The van der Waals surface area contributed by atoms with Crippen LogP contribution in [0.3, 0.4) is 0 Å². The van der Waals surface area contributed by atoms with Crippen LogP contribution in [-0.2, 0) is 0 Å². The summed E-state index contributed by atoms with van der Waals surface area (Å²) in [5.74, 6) is 0.365. The highest BCUT2D eigenvalue weighted by atomic mass is 19.1. The molecule has 0 unspecified atom stereocenters. The van der Waals surface area contributed by atoms with Gasteiger partial charge in [-0.05, 0) is 18.2 Å². The van der Waals surface area contributed by atoms with Crippen molar-refractivity contribution in [3.8, 4) is 17.0 Å². The number of fused-ring (bicyclic) bond motifs is 1. The Hall–Kier alpha value is -2.96. The molecule has 3 rings (SSSR count). The van der Waals surface area contributed by atoms with E-state index in [0.29, 0.717) is 28.0 Å². The number of benzene rings is 1. The molecule has 1 aromatic carbocycles. The third-order valence-electron chi connectivity index (χ3n) is 3.28. The third-order valence-corrected chi connectivity index (χ3v) is 3.28. The molecular formula is C15H14FN5O. The first-order chi connectivity index (χ1) is 10.6. The summed E-state index contributed by atoms with van der Waals surface area (Å²) in [4.78, 5) is 12.5. The van der Waals surface area contributed by atoms with Crippen molar-refractivity contribution in [2.24, 2.45) is 0 Å². The number of aromatic nitrogens is 3. The Morgan fingerprint density at radius 1 is 1.27 bits per heavy atom. The van der Waals surface area contributed by atoms with Crippen LogP contribution in [0.2, 0.25) is 0 Å². The van der Waals surface area contributed by atoms with E-state index in [1.807, 2.05) is 0 Å². The lowest BCUT2D eigenvalue weighted by Crippen LogP contribution is -2.01. The molecule has 0 amide bonds. The van der Waals surface area contributed by atoms with Crippen LogP contribution in [0.25, 0.3) is 22.2 Å². The summed E-state index contributed by atoms with van der Waals surface area (Å²) in [6.07, 6.45) is 1.59. The molecule has 0 radical (unpaired) electrons. The van der Waals surface area contributed by atoms with Gasteiger partial charge in [0.15, 0.2) is 17.4 Å². The predicted molar refractivity (Wildman–Crippen MR) is 83.2 cm³/mol. The highest BCUT2D eigenvalue weighted by Gasteiger charge is 2.14. The average molecular weight is 299 g/mol. The lowest BCUT2D eigenvalue weighted by Gasteiger charge is -2.10. The fourth-order valence-electron chi connectivity index (χ4n) is 2.23. The fourth-order valence-corrected chi connectivity index (χ4v) is 2.23. The van der Waals surface area contributed by atoms with E-state index in [2.05, 4.69) is 20.3 Å². The van der Waals surface area contributed by atoms with E-state index in [-0.39, 0.29) is 11.7 Å². The Morgan fingerprint density at radius 3 is 2.82 bits per heavy atom. The van der Waals surface area contributed by atoms with Crippen molar-refractivity contribution in [1.82, 2.24) is 15.0 Å². The van der Waals surface area contributed by atoms with Crippen molar-refractivity contribution >= 4 is 22.7 Å². The zero-order valence-corrected chi connectivity index (χ0v) is 12.1. The molecule has 0 aliphatic heterocycles. The molecule has 3 aromatic rings. The van der Waals surface area contributed by atoms with Gasteiger partial charge in [-0.3, -0.25) is 0 Å². The van der Waals surface area contributed by atoms with Crippen LogP contribution < -0.4 is 15.8 Å². The minimum atomic E-state index is -0.463. The molecule has 0 aliphatic rings. The highest BCUT2D eigenvalue weighted by Crippen LogP contribution is 2.31. The van der Waals surface area contributed by atoms with E-state index >= 15 is 0 Å². The van der Waals surface area contributed by atoms with E-state index in [0.717, 1.165) is 0 Å². The number of methoxy groups -OCH3 is 1. The summed E-state index contributed by atoms with van der Waals surface area (Å²) in [5.41, 5.74) is 6.99. The van der Waals surface area contributed by atoms with Gasteiger partial charge in [0, 0.05) is 24.2 Å². The molecule has 0 fully saturated rings. The van der Waals surface area contributed by atoms with Gasteiger partial charge < -0.3 is 15.8 Å². The lowest BCUT2D eigenvalue weighted by atomic mass is 10.1. The van der Waals surface area contributed by atoms with E-state index < -0.39 is 5.82 Å². The van der Waals surface area contributed by atoms with Crippen molar-refractivity contribution in [2.45, 2.75) is 0 Å². The van der Waals surface area contributed by atoms with Gasteiger partial charge in [-0.15, -0.1) is 0 Å². The van der Waals surface area contributed by atoms with Crippen molar-refractivity contribution in [3.05, 3.63) is 36.3 Å². The number of halogens is 1. The summed E-state index contributed by atoms with van der Waals surface area (Å²) in [7, 11) is 3.14. The summed E-state index contributed by atoms with van der Waals surface area (Å²) in [6.45, 7) is 0. The summed E-state index contributed by atoms with van der Waals surface area (Å²) in [5, 5.41) is 3.66. The number of nitrogen functional groups attached to an aromatic ring is 1. The maximum atomic E-state index is 14.4. The van der Waals surface area contributed by atoms with E-state index in [1.165, 1.54) is 7.11 Å². The molecule has 0 aliphatic carbocycles. The normalized spacial score (nSPS) is 10.7. The molecule has 6 nitrogen and oxygen atoms in total. The zero-order chi connectivity index (χ0) is 15.7. The first-order valence-corrected chi connectivity index (χ1v) is 6.58. The van der Waals surface area contributed by atoms with Gasteiger partial charge >= 0.3 is 0 Å². The first-order valence-electron chi connectivity index (χ1n) is 6.58. The van der Waals surface area contributed by atoms with Gasteiger partial charge in [0.05, 0.1) is 12.8 Å². The Bertz CT molecular complexity index is 853. The Balaban J connectivity index is 2.26. The summed E-state index contributed by atoms with van der Waals surface area (Å²) < 4.78 is 19.4. The topological polar surface area (TPSA) is 86.0 Å². The Kier molecular flexibility index (Phi) is 3.46. The molecule has 2 heterocycles. The van der Waals surface area contributed by atoms with Crippen LogP contribution >= 0.6 is 0 Å². The van der Waals surface area contributed by atoms with Crippen LogP contribution in [0.1, 0.15) is 0 Å².